The Balaban J connectivity index is 3.46. The molecule has 0 fully saturated rings. The molecular weight excluding hydrogens is 183 g/mol. The van der Waals surface area contributed by atoms with Crippen LogP contribution in [0.2, 0.25) is 10.0 Å². The van der Waals surface area contributed by atoms with Gasteiger partial charge in [-0.05, 0) is 31.0 Å². The molecular formula is C8H8Cl2O. The lowest BCUT2D eigenvalue weighted by Gasteiger charge is -2.05. The van der Waals surface area contributed by atoms with Crippen LogP contribution >= 0.6 is 23.2 Å². The second kappa shape index (κ2) is 2.92. The average molecular weight is 191 g/mol. The van der Waals surface area contributed by atoms with Crippen LogP contribution in [-0.2, 0) is 0 Å². The Morgan fingerprint density at radius 1 is 1.27 bits per heavy atom. The lowest BCUT2D eigenvalue weighted by Crippen LogP contribution is -1.83. The number of hydrogen-bond donors (Lipinski definition) is 1. The van der Waals surface area contributed by atoms with Gasteiger partial charge in [-0.25, -0.2) is 0 Å². The van der Waals surface area contributed by atoms with Gasteiger partial charge >= 0.3 is 0 Å². The summed E-state index contributed by atoms with van der Waals surface area (Å²) in [5, 5.41) is 9.98. The second-order valence-corrected chi connectivity index (χ2v) is 3.25. The van der Waals surface area contributed by atoms with E-state index in [1.54, 1.807) is 13.0 Å². The number of rotatable bonds is 0. The summed E-state index contributed by atoms with van der Waals surface area (Å²) in [4.78, 5) is 0. The Bertz CT molecular complexity index is 268. The lowest BCUT2D eigenvalue weighted by molar-refractivity contribution is 0.471. The van der Waals surface area contributed by atoms with E-state index >= 15 is 0 Å². The molecule has 0 saturated heterocycles. The molecule has 1 aromatic carbocycles. The van der Waals surface area contributed by atoms with Crippen LogP contribution in [-0.4, -0.2) is 5.11 Å². The van der Waals surface area contributed by atoms with E-state index in [2.05, 4.69) is 0 Å². The molecule has 0 amide bonds. The fraction of sp³-hybridized carbons (Fsp3) is 0.250. The van der Waals surface area contributed by atoms with E-state index < -0.39 is 0 Å². The van der Waals surface area contributed by atoms with Gasteiger partial charge in [-0.3, -0.25) is 0 Å². The Morgan fingerprint density at radius 3 is 2.36 bits per heavy atom. The molecule has 0 radical (unpaired) electrons. The number of phenolic OH excluding ortho intramolecular Hbond substituents is 1. The van der Waals surface area contributed by atoms with Crippen molar-refractivity contribution >= 4 is 23.2 Å². The van der Waals surface area contributed by atoms with Crippen LogP contribution in [0.15, 0.2) is 6.07 Å². The molecule has 0 saturated carbocycles. The van der Waals surface area contributed by atoms with Gasteiger partial charge in [0.25, 0.3) is 0 Å². The summed E-state index contributed by atoms with van der Waals surface area (Å²) in [6.45, 7) is 3.67. The molecule has 3 heteroatoms. The summed E-state index contributed by atoms with van der Waals surface area (Å²) in [6, 6.07) is 1.74. The summed E-state index contributed by atoms with van der Waals surface area (Å²) < 4.78 is 0. The lowest BCUT2D eigenvalue weighted by atomic mass is 10.1. The number of hydrogen-bond acceptors (Lipinski definition) is 1. The number of benzene rings is 1. The van der Waals surface area contributed by atoms with E-state index in [1.165, 1.54) is 0 Å². The van der Waals surface area contributed by atoms with Crippen LogP contribution < -0.4 is 0 Å². The van der Waals surface area contributed by atoms with Crippen LogP contribution in [0.4, 0.5) is 0 Å². The molecule has 1 rings (SSSR count). The highest BCUT2D eigenvalue weighted by Crippen LogP contribution is 2.35. The zero-order chi connectivity index (χ0) is 8.59. The van der Waals surface area contributed by atoms with Crippen molar-refractivity contribution in [1.82, 2.24) is 0 Å². The third-order valence-corrected chi connectivity index (χ3v) is 2.48. The van der Waals surface area contributed by atoms with E-state index in [1.807, 2.05) is 6.92 Å². The number of phenols is 1. The van der Waals surface area contributed by atoms with Crippen molar-refractivity contribution in [3.05, 3.63) is 27.2 Å². The Hall–Kier alpha value is -0.400. The first-order valence-electron chi connectivity index (χ1n) is 3.18. The second-order valence-electron chi connectivity index (χ2n) is 2.46. The summed E-state index contributed by atoms with van der Waals surface area (Å²) in [5.41, 5.74) is 1.72. The smallest absolute Gasteiger partial charge is 0.138 e. The van der Waals surface area contributed by atoms with E-state index in [0.717, 1.165) is 11.1 Å². The van der Waals surface area contributed by atoms with Gasteiger partial charge in [0.1, 0.15) is 10.8 Å². The SMILES string of the molecule is Cc1cc(Cl)c(Cl)c(O)c1C. The number of aryl methyl sites for hydroxylation is 1. The normalized spacial score (nSPS) is 10.2. The highest BCUT2D eigenvalue weighted by Gasteiger charge is 2.08. The van der Waals surface area contributed by atoms with Crippen LogP contribution in [0, 0.1) is 13.8 Å². The molecule has 0 atom stereocenters. The minimum atomic E-state index is 0.0802. The van der Waals surface area contributed by atoms with Gasteiger partial charge < -0.3 is 5.11 Å². The zero-order valence-electron chi connectivity index (χ0n) is 6.28. The first-order chi connectivity index (χ1) is 5.04. The molecule has 0 aliphatic carbocycles. The van der Waals surface area contributed by atoms with E-state index in [9.17, 15) is 5.11 Å². The average Bonchev–Trinajstić information content (AvgIpc) is 1.97. The fourth-order valence-corrected chi connectivity index (χ4v) is 1.28. The van der Waals surface area contributed by atoms with E-state index in [0.29, 0.717) is 5.02 Å². The molecule has 1 nitrogen and oxygen atoms in total. The third-order valence-electron chi connectivity index (χ3n) is 1.71. The molecule has 1 N–H and O–H groups in total. The van der Waals surface area contributed by atoms with Gasteiger partial charge in [0.05, 0.1) is 5.02 Å². The number of halogens is 2. The Kier molecular flexibility index (Phi) is 2.31. The number of aromatic hydroxyl groups is 1. The molecule has 0 heterocycles. The molecule has 0 aliphatic rings. The summed E-state index contributed by atoms with van der Waals surface area (Å²) >= 11 is 11.4. The van der Waals surface area contributed by atoms with Gasteiger partial charge in [-0.15, -0.1) is 0 Å². The van der Waals surface area contributed by atoms with E-state index in [4.69, 9.17) is 23.2 Å². The first-order valence-corrected chi connectivity index (χ1v) is 3.93. The summed E-state index contributed by atoms with van der Waals surface area (Å²) in [6.07, 6.45) is 0. The van der Waals surface area contributed by atoms with Crippen molar-refractivity contribution in [3.8, 4) is 5.75 Å². The van der Waals surface area contributed by atoms with Gasteiger partial charge in [-0.2, -0.15) is 0 Å². The molecule has 0 aromatic heterocycles. The van der Waals surface area contributed by atoms with Crippen molar-refractivity contribution in [1.29, 1.82) is 0 Å². The van der Waals surface area contributed by atoms with E-state index in [-0.39, 0.29) is 10.8 Å². The van der Waals surface area contributed by atoms with Gasteiger partial charge in [0.2, 0.25) is 0 Å². The maximum absolute atomic E-state index is 9.35. The predicted molar refractivity (Wildman–Crippen MR) is 47.6 cm³/mol. The molecule has 0 unspecified atom stereocenters. The van der Waals surface area contributed by atoms with Gasteiger partial charge in [0.15, 0.2) is 0 Å². The molecule has 1 aromatic rings. The molecule has 0 bridgehead atoms. The summed E-state index contributed by atoms with van der Waals surface area (Å²) in [7, 11) is 0. The van der Waals surface area contributed by atoms with Crippen LogP contribution in [0.5, 0.6) is 5.75 Å². The highest BCUT2D eigenvalue weighted by atomic mass is 35.5. The minimum Gasteiger partial charge on any atom is -0.506 e. The van der Waals surface area contributed by atoms with Crippen molar-refractivity contribution in [2.24, 2.45) is 0 Å². The maximum Gasteiger partial charge on any atom is 0.138 e. The zero-order valence-corrected chi connectivity index (χ0v) is 7.79. The van der Waals surface area contributed by atoms with Gasteiger partial charge in [0, 0.05) is 0 Å². The monoisotopic (exact) mass is 190 g/mol. The van der Waals surface area contributed by atoms with Gasteiger partial charge in [-0.1, -0.05) is 23.2 Å². The molecule has 0 spiro atoms. The quantitative estimate of drug-likeness (QED) is 0.666. The van der Waals surface area contributed by atoms with Crippen molar-refractivity contribution < 1.29 is 5.11 Å². The van der Waals surface area contributed by atoms with Crippen molar-refractivity contribution in [2.45, 2.75) is 13.8 Å². The molecule has 0 aliphatic heterocycles. The predicted octanol–water partition coefficient (Wildman–Crippen LogP) is 3.32. The van der Waals surface area contributed by atoms with Crippen molar-refractivity contribution in [3.63, 3.8) is 0 Å². The third kappa shape index (κ3) is 1.44. The molecule has 60 valence electrons. The Labute approximate surface area is 75.6 Å². The molecule has 11 heavy (non-hydrogen) atoms. The maximum atomic E-state index is 9.35. The van der Waals surface area contributed by atoms with Crippen LogP contribution in [0.1, 0.15) is 11.1 Å². The van der Waals surface area contributed by atoms with Crippen LogP contribution in [0.3, 0.4) is 0 Å². The van der Waals surface area contributed by atoms with Crippen molar-refractivity contribution in [2.75, 3.05) is 0 Å². The first kappa shape index (κ1) is 8.69. The largest absolute Gasteiger partial charge is 0.506 e. The van der Waals surface area contributed by atoms with Crippen LogP contribution in [0.25, 0.3) is 0 Å². The Morgan fingerprint density at radius 2 is 1.82 bits per heavy atom. The highest BCUT2D eigenvalue weighted by molar-refractivity contribution is 6.43. The topological polar surface area (TPSA) is 20.2 Å². The summed E-state index contributed by atoms with van der Waals surface area (Å²) in [5.74, 6) is 0.0802. The minimum absolute atomic E-state index is 0.0802. The fourth-order valence-electron chi connectivity index (χ4n) is 0.826. The standard InChI is InChI=1S/C8H8Cl2O/c1-4-3-6(9)7(10)8(11)5(4)2/h3,11H,1-2H3.